The highest BCUT2D eigenvalue weighted by molar-refractivity contribution is 5.78. The van der Waals surface area contributed by atoms with Crippen molar-refractivity contribution < 1.29 is 4.79 Å². The minimum Gasteiger partial charge on any atom is -0.300 e. The molecule has 1 saturated carbocycles. The largest absolute Gasteiger partial charge is 0.300 e. The molecule has 0 aromatic carbocycles. The number of allylic oxidation sites excluding steroid dienone is 1. The molecule has 1 rings (SSSR count). The van der Waals surface area contributed by atoms with Gasteiger partial charge in [-0.05, 0) is 32.1 Å². The Balaban J connectivity index is 2.46. The summed E-state index contributed by atoms with van der Waals surface area (Å²) in [6.07, 6.45) is 4.84. The molecule has 0 bridgehead atoms. The smallest absolute Gasteiger partial charge is 0.132 e. The zero-order valence-electron chi connectivity index (χ0n) is 7.23. The van der Waals surface area contributed by atoms with E-state index >= 15 is 0 Å². The molecule has 0 spiro atoms. The standard InChI is InChI=1S/C10H16O/c1-8(2)9-4-3-5-10(11)7-6-9/h9H,1,3-7H2,2H3. The lowest BCUT2D eigenvalue weighted by Gasteiger charge is -2.11. The van der Waals surface area contributed by atoms with E-state index < -0.39 is 0 Å². The van der Waals surface area contributed by atoms with Crippen molar-refractivity contribution in [2.24, 2.45) is 5.92 Å². The Morgan fingerprint density at radius 2 is 2.18 bits per heavy atom. The third kappa shape index (κ3) is 2.49. The van der Waals surface area contributed by atoms with Crippen LogP contribution in [0.3, 0.4) is 0 Å². The molecule has 1 nitrogen and oxygen atoms in total. The fourth-order valence-electron chi connectivity index (χ4n) is 1.64. The van der Waals surface area contributed by atoms with E-state index in [-0.39, 0.29) is 0 Å². The Kier molecular flexibility index (Phi) is 2.86. The summed E-state index contributed by atoms with van der Waals surface area (Å²) < 4.78 is 0. The predicted molar refractivity (Wildman–Crippen MR) is 46.4 cm³/mol. The van der Waals surface area contributed by atoms with Crippen LogP contribution in [-0.4, -0.2) is 5.78 Å². The molecule has 1 unspecified atom stereocenters. The van der Waals surface area contributed by atoms with Crippen LogP contribution in [0.25, 0.3) is 0 Å². The SMILES string of the molecule is C=C(C)C1CCCC(=O)CC1. The molecular weight excluding hydrogens is 136 g/mol. The van der Waals surface area contributed by atoms with Gasteiger partial charge in [-0.25, -0.2) is 0 Å². The average Bonchev–Trinajstić information content (AvgIpc) is 2.13. The molecule has 0 radical (unpaired) electrons. The first-order valence-electron chi connectivity index (χ1n) is 4.37. The van der Waals surface area contributed by atoms with Gasteiger partial charge in [0.05, 0.1) is 0 Å². The van der Waals surface area contributed by atoms with Crippen molar-refractivity contribution in [3.8, 4) is 0 Å². The number of rotatable bonds is 1. The van der Waals surface area contributed by atoms with Gasteiger partial charge in [0, 0.05) is 12.8 Å². The van der Waals surface area contributed by atoms with Gasteiger partial charge in [0.25, 0.3) is 0 Å². The molecule has 1 aliphatic carbocycles. The quantitative estimate of drug-likeness (QED) is 0.417. The molecule has 1 aliphatic rings. The number of hydrogen-bond acceptors (Lipinski definition) is 1. The van der Waals surface area contributed by atoms with E-state index in [4.69, 9.17) is 0 Å². The zero-order chi connectivity index (χ0) is 8.27. The van der Waals surface area contributed by atoms with Gasteiger partial charge in [0.15, 0.2) is 0 Å². The van der Waals surface area contributed by atoms with Gasteiger partial charge in [-0.1, -0.05) is 12.2 Å². The lowest BCUT2D eigenvalue weighted by Crippen LogP contribution is -1.99. The van der Waals surface area contributed by atoms with E-state index in [1.54, 1.807) is 0 Å². The van der Waals surface area contributed by atoms with Crippen LogP contribution in [0.1, 0.15) is 39.0 Å². The first-order chi connectivity index (χ1) is 5.20. The Morgan fingerprint density at radius 1 is 1.45 bits per heavy atom. The van der Waals surface area contributed by atoms with Crippen molar-refractivity contribution in [2.75, 3.05) is 0 Å². The second kappa shape index (κ2) is 3.70. The second-order valence-corrected chi connectivity index (χ2v) is 3.51. The average molecular weight is 152 g/mol. The van der Waals surface area contributed by atoms with Crippen molar-refractivity contribution in [1.82, 2.24) is 0 Å². The van der Waals surface area contributed by atoms with Crippen LogP contribution in [0.4, 0.5) is 0 Å². The highest BCUT2D eigenvalue weighted by atomic mass is 16.1. The van der Waals surface area contributed by atoms with Gasteiger partial charge in [-0.15, -0.1) is 0 Å². The van der Waals surface area contributed by atoms with Gasteiger partial charge >= 0.3 is 0 Å². The zero-order valence-corrected chi connectivity index (χ0v) is 7.23. The van der Waals surface area contributed by atoms with Gasteiger partial charge in [-0.3, -0.25) is 4.79 Å². The first kappa shape index (κ1) is 8.51. The summed E-state index contributed by atoms with van der Waals surface area (Å²) in [5.41, 5.74) is 1.25. The number of carbonyl (C=O) groups excluding carboxylic acids is 1. The van der Waals surface area contributed by atoms with Gasteiger partial charge in [0.2, 0.25) is 0 Å². The van der Waals surface area contributed by atoms with E-state index in [0.29, 0.717) is 11.7 Å². The van der Waals surface area contributed by atoms with Crippen LogP contribution in [0.2, 0.25) is 0 Å². The lowest BCUT2D eigenvalue weighted by atomic mass is 9.94. The number of hydrogen-bond donors (Lipinski definition) is 0. The molecule has 0 N–H and O–H groups in total. The third-order valence-electron chi connectivity index (χ3n) is 2.48. The summed E-state index contributed by atoms with van der Waals surface area (Å²) in [7, 11) is 0. The van der Waals surface area contributed by atoms with Crippen LogP contribution < -0.4 is 0 Å². The highest BCUT2D eigenvalue weighted by Crippen LogP contribution is 2.25. The van der Waals surface area contributed by atoms with E-state index in [9.17, 15) is 4.79 Å². The minimum absolute atomic E-state index is 0.439. The second-order valence-electron chi connectivity index (χ2n) is 3.51. The Labute approximate surface area is 68.5 Å². The Morgan fingerprint density at radius 3 is 2.82 bits per heavy atom. The van der Waals surface area contributed by atoms with Gasteiger partial charge in [-0.2, -0.15) is 0 Å². The monoisotopic (exact) mass is 152 g/mol. The van der Waals surface area contributed by atoms with E-state index in [2.05, 4.69) is 13.5 Å². The number of Topliss-reactive ketones (excluding diaryl/α,β-unsaturated/α-hetero) is 1. The van der Waals surface area contributed by atoms with Crippen LogP contribution in [-0.2, 0) is 4.79 Å². The van der Waals surface area contributed by atoms with Crippen LogP contribution in [0.15, 0.2) is 12.2 Å². The van der Waals surface area contributed by atoms with E-state index in [1.165, 1.54) is 12.0 Å². The summed E-state index contributed by atoms with van der Waals surface area (Å²) in [6, 6.07) is 0. The van der Waals surface area contributed by atoms with Crippen LogP contribution in [0.5, 0.6) is 0 Å². The van der Waals surface area contributed by atoms with Crippen LogP contribution >= 0.6 is 0 Å². The maximum atomic E-state index is 11.0. The molecule has 0 aromatic heterocycles. The van der Waals surface area contributed by atoms with Crippen molar-refractivity contribution in [1.29, 1.82) is 0 Å². The molecule has 0 aromatic rings. The van der Waals surface area contributed by atoms with E-state index in [0.717, 1.165) is 25.7 Å². The molecule has 1 atom stereocenters. The van der Waals surface area contributed by atoms with Crippen molar-refractivity contribution in [2.45, 2.75) is 39.0 Å². The fraction of sp³-hybridized carbons (Fsp3) is 0.700. The maximum absolute atomic E-state index is 11.0. The molecule has 1 fully saturated rings. The lowest BCUT2D eigenvalue weighted by molar-refractivity contribution is -0.118. The molecule has 11 heavy (non-hydrogen) atoms. The summed E-state index contributed by atoms with van der Waals surface area (Å²) in [5.74, 6) is 1.05. The fourth-order valence-corrected chi connectivity index (χ4v) is 1.64. The number of ketones is 1. The minimum atomic E-state index is 0.439. The molecule has 0 saturated heterocycles. The van der Waals surface area contributed by atoms with E-state index in [1.807, 2.05) is 0 Å². The normalized spacial score (nSPS) is 26.3. The molecule has 0 aliphatic heterocycles. The van der Waals surface area contributed by atoms with Gasteiger partial charge in [0.1, 0.15) is 5.78 Å². The van der Waals surface area contributed by atoms with Crippen LogP contribution in [0, 0.1) is 5.92 Å². The summed E-state index contributed by atoms with van der Waals surface area (Å²) >= 11 is 0. The molecule has 0 amide bonds. The molecule has 62 valence electrons. The van der Waals surface area contributed by atoms with Crippen molar-refractivity contribution >= 4 is 5.78 Å². The molecule has 1 heteroatoms. The summed E-state index contributed by atoms with van der Waals surface area (Å²) in [6.45, 7) is 6.00. The Hall–Kier alpha value is -0.590. The number of carbonyl (C=O) groups is 1. The summed E-state index contributed by atoms with van der Waals surface area (Å²) in [5, 5.41) is 0. The molecule has 0 heterocycles. The van der Waals surface area contributed by atoms with Crippen molar-refractivity contribution in [3.63, 3.8) is 0 Å². The van der Waals surface area contributed by atoms with Crippen molar-refractivity contribution in [3.05, 3.63) is 12.2 Å². The predicted octanol–water partition coefficient (Wildman–Crippen LogP) is 2.71. The molecular formula is C10H16O. The maximum Gasteiger partial charge on any atom is 0.132 e. The topological polar surface area (TPSA) is 17.1 Å². The third-order valence-corrected chi connectivity index (χ3v) is 2.48. The van der Waals surface area contributed by atoms with Gasteiger partial charge < -0.3 is 0 Å². The first-order valence-corrected chi connectivity index (χ1v) is 4.37. The summed E-state index contributed by atoms with van der Waals surface area (Å²) in [4.78, 5) is 11.0. The Bertz CT molecular complexity index is 170. The highest BCUT2D eigenvalue weighted by Gasteiger charge is 2.16.